The molecule has 26 heavy (non-hydrogen) atoms. The van der Waals surface area contributed by atoms with Crippen LogP contribution in [0.4, 0.5) is 0 Å². The van der Waals surface area contributed by atoms with Crippen molar-refractivity contribution in [3.63, 3.8) is 0 Å². The molecule has 0 amide bonds. The second-order valence-corrected chi connectivity index (χ2v) is 6.48. The SMILES string of the molecule is CCCCOc1ccc(CCNC(=NC)NCCN2CCOCC2)cc1. The molecule has 1 aromatic carbocycles. The summed E-state index contributed by atoms with van der Waals surface area (Å²) < 4.78 is 11.1. The third kappa shape index (κ3) is 8.06. The molecule has 0 spiro atoms. The highest BCUT2D eigenvalue weighted by molar-refractivity contribution is 5.79. The lowest BCUT2D eigenvalue weighted by Crippen LogP contribution is -2.44. The van der Waals surface area contributed by atoms with Crippen molar-refractivity contribution in [2.45, 2.75) is 26.2 Å². The molecular weight excluding hydrogens is 328 g/mol. The number of guanidine groups is 1. The zero-order chi connectivity index (χ0) is 18.5. The van der Waals surface area contributed by atoms with Gasteiger partial charge in [0.1, 0.15) is 5.75 Å². The molecule has 0 bridgehead atoms. The largest absolute Gasteiger partial charge is 0.494 e. The number of aliphatic imine (C=N–C) groups is 1. The molecule has 1 saturated heterocycles. The zero-order valence-corrected chi connectivity index (χ0v) is 16.3. The standard InChI is InChI=1S/C20H34N4O2/c1-3-4-15-26-19-7-5-18(6-8-19)9-10-22-20(21-2)23-11-12-24-13-16-25-17-14-24/h5-8H,3-4,9-17H2,1-2H3,(H2,21,22,23). The van der Waals surface area contributed by atoms with E-state index in [1.54, 1.807) is 0 Å². The van der Waals surface area contributed by atoms with Gasteiger partial charge in [0.15, 0.2) is 5.96 Å². The van der Waals surface area contributed by atoms with Gasteiger partial charge in [0.2, 0.25) is 0 Å². The summed E-state index contributed by atoms with van der Waals surface area (Å²) in [6.45, 7) is 9.46. The number of rotatable bonds is 10. The molecule has 6 nitrogen and oxygen atoms in total. The Labute approximate surface area is 158 Å². The number of ether oxygens (including phenoxy) is 2. The van der Waals surface area contributed by atoms with Crippen LogP contribution in [-0.2, 0) is 11.2 Å². The fourth-order valence-electron chi connectivity index (χ4n) is 2.79. The lowest BCUT2D eigenvalue weighted by Gasteiger charge is -2.26. The van der Waals surface area contributed by atoms with Gasteiger partial charge in [-0.3, -0.25) is 9.89 Å². The normalized spacial score (nSPS) is 15.7. The lowest BCUT2D eigenvalue weighted by atomic mass is 10.1. The summed E-state index contributed by atoms with van der Waals surface area (Å²) in [7, 11) is 1.81. The summed E-state index contributed by atoms with van der Waals surface area (Å²) in [5.41, 5.74) is 1.30. The summed E-state index contributed by atoms with van der Waals surface area (Å²) >= 11 is 0. The van der Waals surface area contributed by atoms with Gasteiger partial charge >= 0.3 is 0 Å². The van der Waals surface area contributed by atoms with E-state index >= 15 is 0 Å². The number of benzene rings is 1. The molecular formula is C20H34N4O2. The number of nitrogens with zero attached hydrogens (tertiary/aromatic N) is 2. The second kappa shape index (κ2) is 12.5. The molecule has 0 saturated carbocycles. The van der Waals surface area contributed by atoms with Crippen molar-refractivity contribution in [2.24, 2.45) is 4.99 Å². The van der Waals surface area contributed by atoms with Gasteiger partial charge in [-0.25, -0.2) is 0 Å². The lowest BCUT2D eigenvalue weighted by molar-refractivity contribution is 0.0389. The molecule has 6 heteroatoms. The predicted molar refractivity (Wildman–Crippen MR) is 107 cm³/mol. The monoisotopic (exact) mass is 362 g/mol. The van der Waals surface area contributed by atoms with Crippen molar-refractivity contribution < 1.29 is 9.47 Å². The fraction of sp³-hybridized carbons (Fsp3) is 0.650. The van der Waals surface area contributed by atoms with E-state index in [2.05, 4.69) is 51.7 Å². The molecule has 146 valence electrons. The smallest absolute Gasteiger partial charge is 0.191 e. The van der Waals surface area contributed by atoms with Crippen molar-refractivity contribution in [3.05, 3.63) is 29.8 Å². The van der Waals surface area contributed by atoms with E-state index in [0.717, 1.165) is 83.5 Å². The van der Waals surface area contributed by atoms with Crippen molar-refractivity contribution in [1.29, 1.82) is 0 Å². The number of hydrogen-bond acceptors (Lipinski definition) is 4. The van der Waals surface area contributed by atoms with Crippen LogP contribution in [0.3, 0.4) is 0 Å². The van der Waals surface area contributed by atoms with Gasteiger partial charge < -0.3 is 20.1 Å². The van der Waals surface area contributed by atoms with Crippen LogP contribution in [0.25, 0.3) is 0 Å². The molecule has 2 rings (SSSR count). The molecule has 1 fully saturated rings. The molecule has 2 N–H and O–H groups in total. The first-order valence-electron chi connectivity index (χ1n) is 9.78. The molecule has 0 atom stereocenters. The maximum atomic E-state index is 5.70. The van der Waals surface area contributed by atoms with E-state index < -0.39 is 0 Å². The Balaban J connectivity index is 1.60. The Morgan fingerprint density at radius 3 is 2.58 bits per heavy atom. The maximum absolute atomic E-state index is 5.70. The van der Waals surface area contributed by atoms with Crippen LogP contribution in [-0.4, -0.2) is 70.5 Å². The van der Waals surface area contributed by atoms with E-state index in [0.29, 0.717) is 0 Å². The van der Waals surface area contributed by atoms with Crippen LogP contribution < -0.4 is 15.4 Å². The van der Waals surface area contributed by atoms with Crippen LogP contribution in [0.2, 0.25) is 0 Å². The third-order valence-electron chi connectivity index (χ3n) is 4.44. The average Bonchev–Trinajstić information content (AvgIpc) is 2.69. The Hall–Kier alpha value is -1.79. The first-order chi connectivity index (χ1) is 12.8. The van der Waals surface area contributed by atoms with Crippen molar-refractivity contribution in [1.82, 2.24) is 15.5 Å². The first kappa shape index (κ1) is 20.5. The summed E-state index contributed by atoms with van der Waals surface area (Å²) in [4.78, 5) is 6.70. The molecule has 0 unspecified atom stereocenters. The molecule has 1 aromatic rings. The highest BCUT2D eigenvalue weighted by atomic mass is 16.5. The van der Waals surface area contributed by atoms with Crippen molar-refractivity contribution in [2.75, 3.05) is 59.6 Å². The second-order valence-electron chi connectivity index (χ2n) is 6.48. The Morgan fingerprint density at radius 1 is 1.15 bits per heavy atom. The average molecular weight is 363 g/mol. The highest BCUT2D eigenvalue weighted by Gasteiger charge is 2.09. The van der Waals surface area contributed by atoms with Crippen LogP contribution in [0, 0.1) is 0 Å². The minimum absolute atomic E-state index is 0.795. The molecule has 1 heterocycles. The van der Waals surface area contributed by atoms with Crippen LogP contribution in [0.1, 0.15) is 25.3 Å². The van der Waals surface area contributed by atoms with Gasteiger partial charge in [0, 0.05) is 39.8 Å². The fourth-order valence-corrected chi connectivity index (χ4v) is 2.79. The van der Waals surface area contributed by atoms with Crippen molar-refractivity contribution >= 4 is 5.96 Å². The maximum Gasteiger partial charge on any atom is 0.191 e. The van der Waals surface area contributed by atoms with E-state index in [-0.39, 0.29) is 0 Å². The molecule has 1 aliphatic heterocycles. The number of morpholine rings is 1. The van der Waals surface area contributed by atoms with Crippen LogP contribution >= 0.6 is 0 Å². The topological polar surface area (TPSA) is 58.1 Å². The first-order valence-corrected chi connectivity index (χ1v) is 9.78. The van der Waals surface area contributed by atoms with Gasteiger partial charge in [-0.1, -0.05) is 25.5 Å². The van der Waals surface area contributed by atoms with Gasteiger partial charge in [0.05, 0.1) is 19.8 Å². The van der Waals surface area contributed by atoms with Crippen molar-refractivity contribution in [3.8, 4) is 5.75 Å². The summed E-state index contributed by atoms with van der Waals surface area (Å²) in [5, 5.41) is 6.75. The van der Waals surface area contributed by atoms with E-state index in [1.165, 1.54) is 5.56 Å². The number of hydrogen-bond donors (Lipinski definition) is 2. The van der Waals surface area contributed by atoms with Crippen LogP contribution in [0.5, 0.6) is 5.75 Å². The molecule has 0 radical (unpaired) electrons. The number of nitrogens with one attached hydrogen (secondary N) is 2. The molecule has 1 aliphatic rings. The van der Waals surface area contributed by atoms with Gasteiger partial charge in [0.25, 0.3) is 0 Å². The highest BCUT2D eigenvalue weighted by Crippen LogP contribution is 2.12. The number of unbranched alkanes of at least 4 members (excludes halogenated alkanes) is 1. The summed E-state index contributed by atoms with van der Waals surface area (Å²) in [6.07, 6.45) is 3.22. The summed E-state index contributed by atoms with van der Waals surface area (Å²) in [6, 6.07) is 8.38. The quantitative estimate of drug-likeness (QED) is 0.378. The molecule has 0 aromatic heterocycles. The zero-order valence-electron chi connectivity index (χ0n) is 16.3. The Bertz CT molecular complexity index is 513. The van der Waals surface area contributed by atoms with Crippen LogP contribution in [0.15, 0.2) is 29.3 Å². The van der Waals surface area contributed by atoms with Gasteiger partial charge in [-0.2, -0.15) is 0 Å². The minimum Gasteiger partial charge on any atom is -0.494 e. The predicted octanol–water partition coefficient (Wildman–Crippen LogP) is 1.91. The van der Waals surface area contributed by atoms with E-state index in [1.807, 2.05) is 7.05 Å². The Morgan fingerprint density at radius 2 is 1.88 bits per heavy atom. The van der Waals surface area contributed by atoms with Gasteiger partial charge in [-0.05, 0) is 30.5 Å². The summed E-state index contributed by atoms with van der Waals surface area (Å²) in [5.74, 6) is 1.81. The van der Waals surface area contributed by atoms with E-state index in [9.17, 15) is 0 Å². The minimum atomic E-state index is 0.795. The molecule has 0 aliphatic carbocycles. The Kier molecular flexibility index (Phi) is 9.90. The third-order valence-corrected chi connectivity index (χ3v) is 4.44. The van der Waals surface area contributed by atoms with E-state index in [4.69, 9.17) is 9.47 Å². The van der Waals surface area contributed by atoms with Gasteiger partial charge in [-0.15, -0.1) is 0 Å².